The number of aryl methyl sites for hydroxylation is 1. The Labute approximate surface area is 119 Å². The van der Waals surface area contributed by atoms with Gasteiger partial charge in [0.1, 0.15) is 6.07 Å². The van der Waals surface area contributed by atoms with Gasteiger partial charge in [0.05, 0.1) is 17.4 Å². The number of benzene rings is 1. The first kappa shape index (κ1) is 14.1. The zero-order valence-corrected chi connectivity index (χ0v) is 12.1. The van der Waals surface area contributed by atoms with Gasteiger partial charge in [-0.2, -0.15) is 10.4 Å². The Morgan fingerprint density at radius 2 is 2.20 bits per heavy atom. The smallest absolute Gasteiger partial charge is 0.101 e. The highest BCUT2D eigenvalue weighted by Gasteiger charge is 2.09. The fourth-order valence-electron chi connectivity index (χ4n) is 2.23. The average Bonchev–Trinajstić information content (AvgIpc) is 2.84. The molecule has 1 N–H and O–H groups in total. The summed E-state index contributed by atoms with van der Waals surface area (Å²) in [5.41, 5.74) is 3.88. The van der Waals surface area contributed by atoms with Gasteiger partial charge >= 0.3 is 0 Å². The fraction of sp³-hybridized carbons (Fsp3) is 0.333. The van der Waals surface area contributed by atoms with Crippen LogP contribution < -0.4 is 10.2 Å². The summed E-state index contributed by atoms with van der Waals surface area (Å²) >= 11 is 0. The molecule has 0 atom stereocenters. The second-order valence-corrected chi connectivity index (χ2v) is 4.87. The molecule has 0 amide bonds. The topological polar surface area (TPSA) is 56.9 Å². The molecule has 1 aromatic heterocycles. The van der Waals surface area contributed by atoms with Crippen molar-refractivity contribution in [3.63, 3.8) is 0 Å². The van der Waals surface area contributed by atoms with Gasteiger partial charge in [-0.15, -0.1) is 0 Å². The number of hydrogen-bond donors (Lipinski definition) is 1. The molecular formula is C15H19N5. The highest BCUT2D eigenvalue weighted by Crippen LogP contribution is 2.22. The first-order chi connectivity index (χ1) is 9.63. The third kappa shape index (κ3) is 3.16. The van der Waals surface area contributed by atoms with E-state index in [1.165, 1.54) is 0 Å². The van der Waals surface area contributed by atoms with Gasteiger partial charge in [0.15, 0.2) is 0 Å². The van der Waals surface area contributed by atoms with Gasteiger partial charge in [-0.3, -0.25) is 4.68 Å². The lowest BCUT2D eigenvalue weighted by molar-refractivity contribution is 0.766. The molecule has 0 aliphatic heterocycles. The van der Waals surface area contributed by atoms with E-state index >= 15 is 0 Å². The van der Waals surface area contributed by atoms with E-state index in [0.29, 0.717) is 5.56 Å². The molecule has 0 spiro atoms. The summed E-state index contributed by atoms with van der Waals surface area (Å²) in [5.74, 6) is 0. The molecule has 5 heteroatoms. The highest BCUT2D eigenvalue weighted by molar-refractivity contribution is 5.60. The predicted molar refractivity (Wildman–Crippen MR) is 79.2 cm³/mol. The van der Waals surface area contributed by atoms with E-state index in [4.69, 9.17) is 0 Å². The zero-order chi connectivity index (χ0) is 14.5. The predicted octanol–water partition coefficient (Wildman–Crippen LogP) is 1.65. The van der Waals surface area contributed by atoms with Crippen molar-refractivity contribution < 1.29 is 0 Å². The van der Waals surface area contributed by atoms with Gasteiger partial charge in [-0.05, 0) is 24.7 Å². The Hall–Kier alpha value is -2.32. The Morgan fingerprint density at radius 1 is 1.40 bits per heavy atom. The molecule has 0 bridgehead atoms. The number of nitrogens with one attached hydrogen (secondary N) is 1. The van der Waals surface area contributed by atoms with Crippen LogP contribution in [0.4, 0.5) is 5.69 Å². The van der Waals surface area contributed by atoms with Crippen molar-refractivity contribution in [3.8, 4) is 6.07 Å². The van der Waals surface area contributed by atoms with E-state index < -0.39 is 0 Å². The van der Waals surface area contributed by atoms with Crippen LogP contribution in [0.2, 0.25) is 0 Å². The number of anilines is 1. The van der Waals surface area contributed by atoms with Gasteiger partial charge < -0.3 is 10.2 Å². The molecule has 1 aromatic carbocycles. The van der Waals surface area contributed by atoms with E-state index in [0.717, 1.165) is 29.9 Å². The number of hydrogen-bond acceptors (Lipinski definition) is 4. The molecule has 0 saturated heterocycles. The summed E-state index contributed by atoms with van der Waals surface area (Å²) in [7, 11) is 5.78. The Kier molecular flexibility index (Phi) is 4.38. The van der Waals surface area contributed by atoms with Crippen LogP contribution in [-0.4, -0.2) is 23.9 Å². The molecule has 2 rings (SSSR count). The summed E-state index contributed by atoms with van der Waals surface area (Å²) in [4.78, 5) is 2.07. The van der Waals surface area contributed by atoms with Crippen LogP contribution in [0.5, 0.6) is 0 Å². The number of nitriles is 1. The Bertz CT molecular complexity index is 623. The summed E-state index contributed by atoms with van der Waals surface area (Å²) in [6.07, 6.45) is 3.83. The van der Waals surface area contributed by atoms with Crippen LogP contribution in [0.1, 0.15) is 16.7 Å². The third-order valence-corrected chi connectivity index (χ3v) is 3.15. The molecule has 0 saturated carbocycles. The molecule has 0 unspecified atom stereocenters. The van der Waals surface area contributed by atoms with Gasteiger partial charge in [0, 0.05) is 38.9 Å². The Balaban J connectivity index is 2.21. The van der Waals surface area contributed by atoms with Crippen LogP contribution in [0.25, 0.3) is 0 Å². The normalized spacial score (nSPS) is 10.3. The summed E-state index contributed by atoms with van der Waals surface area (Å²) in [5, 5.41) is 16.6. The van der Waals surface area contributed by atoms with E-state index in [1.807, 2.05) is 51.7 Å². The lowest BCUT2D eigenvalue weighted by atomic mass is 10.1. The van der Waals surface area contributed by atoms with Gasteiger partial charge in [0.25, 0.3) is 0 Å². The molecule has 2 aromatic rings. The van der Waals surface area contributed by atoms with Crippen molar-refractivity contribution in [2.75, 3.05) is 19.0 Å². The van der Waals surface area contributed by atoms with Crippen molar-refractivity contribution in [1.82, 2.24) is 15.1 Å². The van der Waals surface area contributed by atoms with E-state index in [-0.39, 0.29) is 0 Å². The maximum atomic E-state index is 9.32. The summed E-state index contributed by atoms with van der Waals surface area (Å²) in [6.45, 7) is 1.50. The molecule has 20 heavy (non-hydrogen) atoms. The van der Waals surface area contributed by atoms with E-state index in [2.05, 4.69) is 21.4 Å². The maximum Gasteiger partial charge on any atom is 0.101 e. The summed E-state index contributed by atoms with van der Waals surface area (Å²) in [6, 6.07) is 8.26. The molecule has 0 radical (unpaired) electrons. The van der Waals surface area contributed by atoms with Crippen molar-refractivity contribution >= 4 is 5.69 Å². The largest absolute Gasteiger partial charge is 0.369 e. The first-order valence-corrected chi connectivity index (χ1v) is 6.50. The third-order valence-electron chi connectivity index (χ3n) is 3.15. The number of aromatic nitrogens is 2. The van der Waals surface area contributed by atoms with Gasteiger partial charge in [0.2, 0.25) is 0 Å². The SMILES string of the molecule is CNCc1ccc(N(C)Cc2cnn(C)c2)c(C#N)c1. The van der Waals surface area contributed by atoms with Crippen molar-refractivity contribution in [2.45, 2.75) is 13.1 Å². The molecule has 0 aliphatic carbocycles. The minimum absolute atomic E-state index is 0.698. The van der Waals surface area contributed by atoms with Gasteiger partial charge in [-0.1, -0.05) is 6.07 Å². The first-order valence-electron chi connectivity index (χ1n) is 6.50. The van der Waals surface area contributed by atoms with E-state index in [9.17, 15) is 5.26 Å². The monoisotopic (exact) mass is 269 g/mol. The minimum Gasteiger partial charge on any atom is -0.369 e. The van der Waals surface area contributed by atoms with Crippen molar-refractivity contribution in [1.29, 1.82) is 5.26 Å². The lowest BCUT2D eigenvalue weighted by Crippen LogP contribution is -2.17. The standard InChI is InChI=1S/C15H19N5/c1-17-8-12-4-5-15(14(6-12)7-16)19(2)10-13-9-18-20(3)11-13/h4-6,9,11,17H,8,10H2,1-3H3. The zero-order valence-electron chi connectivity index (χ0n) is 12.1. The summed E-state index contributed by atoms with van der Waals surface area (Å²) < 4.78 is 1.78. The molecule has 0 aliphatic rings. The average molecular weight is 269 g/mol. The van der Waals surface area contributed by atoms with E-state index in [1.54, 1.807) is 4.68 Å². The maximum absolute atomic E-state index is 9.32. The molecule has 1 heterocycles. The molecule has 104 valence electrons. The second-order valence-electron chi connectivity index (χ2n) is 4.87. The molecule has 0 fully saturated rings. The van der Waals surface area contributed by atoms with Crippen LogP contribution in [-0.2, 0) is 20.1 Å². The van der Waals surface area contributed by atoms with Crippen molar-refractivity contribution in [3.05, 3.63) is 47.3 Å². The minimum atomic E-state index is 0.698. The van der Waals surface area contributed by atoms with Crippen LogP contribution >= 0.6 is 0 Å². The van der Waals surface area contributed by atoms with Crippen LogP contribution in [0, 0.1) is 11.3 Å². The van der Waals surface area contributed by atoms with Crippen LogP contribution in [0.3, 0.4) is 0 Å². The Morgan fingerprint density at radius 3 is 2.80 bits per heavy atom. The second kappa shape index (κ2) is 6.22. The van der Waals surface area contributed by atoms with Crippen LogP contribution in [0.15, 0.2) is 30.6 Å². The fourth-order valence-corrected chi connectivity index (χ4v) is 2.23. The number of nitrogens with zero attached hydrogens (tertiary/aromatic N) is 4. The highest BCUT2D eigenvalue weighted by atomic mass is 15.2. The lowest BCUT2D eigenvalue weighted by Gasteiger charge is -2.20. The number of rotatable bonds is 5. The molecule has 5 nitrogen and oxygen atoms in total. The quantitative estimate of drug-likeness (QED) is 0.896. The molecular weight excluding hydrogens is 250 g/mol. The van der Waals surface area contributed by atoms with Crippen molar-refractivity contribution in [2.24, 2.45) is 7.05 Å². The van der Waals surface area contributed by atoms with Gasteiger partial charge in [-0.25, -0.2) is 0 Å².